The van der Waals surface area contributed by atoms with Crippen LogP contribution in [0.4, 0.5) is 0 Å². The van der Waals surface area contributed by atoms with Crippen molar-refractivity contribution in [2.75, 3.05) is 0 Å². The lowest BCUT2D eigenvalue weighted by Crippen LogP contribution is -2.39. The third kappa shape index (κ3) is 2.00. The van der Waals surface area contributed by atoms with E-state index in [9.17, 15) is 9.90 Å². The molecule has 0 aromatic heterocycles. The van der Waals surface area contributed by atoms with Gasteiger partial charge in [0.15, 0.2) is 0 Å². The molecule has 106 valence electrons. The number of fused-ring (bicyclic) bond motifs is 2. The Bertz CT molecular complexity index is 696. The maximum absolute atomic E-state index is 12.4. The van der Waals surface area contributed by atoms with Gasteiger partial charge in [-0.15, -0.1) is 0 Å². The molecule has 21 heavy (non-hydrogen) atoms. The SMILES string of the molecule is O=C1CC(c2ccccc2)C2Cc3ccc(O)cc3CN12. The first-order chi connectivity index (χ1) is 10.2. The van der Waals surface area contributed by atoms with Crippen LogP contribution in [0.2, 0.25) is 0 Å². The van der Waals surface area contributed by atoms with Gasteiger partial charge in [0.1, 0.15) is 5.75 Å². The third-order valence-electron chi connectivity index (χ3n) is 4.77. The molecule has 1 saturated heterocycles. The molecule has 1 amide bonds. The summed E-state index contributed by atoms with van der Waals surface area (Å²) in [5.41, 5.74) is 3.58. The van der Waals surface area contributed by atoms with Crippen molar-refractivity contribution in [2.24, 2.45) is 0 Å². The molecule has 0 saturated carbocycles. The van der Waals surface area contributed by atoms with Gasteiger partial charge >= 0.3 is 0 Å². The van der Waals surface area contributed by atoms with E-state index < -0.39 is 0 Å². The molecule has 0 spiro atoms. The highest BCUT2D eigenvalue weighted by Gasteiger charge is 2.42. The summed E-state index contributed by atoms with van der Waals surface area (Å²) in [6.45, 7) is 0.622. The molecule has 3 nitrogen and oxygen atoms in total. The van der Waals surface area contributed by atoms with Crippen molar-refractivity contribution in [1.29, 1.82) is 0 Å². The molecule has 4 rings (SSSR count). The number of nitrogens with zero attached hydrogens (tertiary/aromatic N) is 1. The highest BCUT2D eigenvalue weighted by Crippen LogP contribution is 2.40. The van der Waals surface area contributed by atoms with E-state index >= 15 is 0 Å². The molecule has 0 aliphatic carbocycles. The van der Waals surface area contributed by atoms with Gasteiger partial charge in [0, 0.05) is 24.9 Å². The van der Waals surface area contributed by atoms with Crippen molar-refractivity contribution in [2.45, 2.75) is 31.3 Å². The Kier molecular flexibility index (Phi) is 2.74. The highest BCUT2D eigenvalue weighted by molar-refractivity contribution is 5.81. The molecule has 2 atom stereocenters. The molecule has 1 fully saturated rings. The largest absolute Gasteiger partial charge is 0.508 e. The molecular weight excluding hydrogens is 262 g/mol. The number of aromatic hydroxyl groups is 1. The fraction of sp³-hybridized carbons (Fsp3) is 0.278. The average Bonchev–Trinajstić information content (AvgIpc) is 2.83. The van der Waals surface area contributed by atoms with Crippen LogP contribution in [0.25, 0.3) is 0 Å². The Morgan fingerprint density at radius 1 is 1.00 bits per heavy atom. The van der Waals surface area contributed by atoms with Gasteiger partial charge in [-0.2, -0.15) is 0 Å². The van der Waals surface area contributed by atoms with E-state index in [1.807, 2.05) is 29.2 Å². The van der Waals surface area contributed by atoms with Crippen LogP contribution in [0.5, 0.6) is 5.75 Å². The van der Waals surface area contributed by atoms with E-state index in [1.165, 1.54) is 11.1 Å². The summed E-state index contributed by atoms with van der Waals surface area (Å²) in [4.78, 5) is 14.3. The lowest BCUT2D eigenvalue weighted by Gasteiger charge is -2.34. The van der Waals surface area contributed by atoms with E-state index in [2.05, 4.69) is 12.1 Å². The van der Waals surface area contributed by atoms with Gasteiger partial charge < -0.3 is 10.0 Å². The van der Waals surface area contributed by atoms with Crippen LogP contribution in [-0.2, 0) is 17.8 Å². The number of amides is 1. The molecule has 1 N–H and O–H groups in total. The number of phenols is 1. The van der Waals surface area contributed by atoms with E-state index in [4.69, 9.17) is 0 Å². The van der Waals surface area contributed by atoms with Crippen molar-refractivity contribution in [1.82, 2.24) is 4.90 Å². The maximum atomic E-state index is 12.4. The Balaban J connectivity index is 1.71. The molecule has 2 heterocycles. The molecule has 2 aromatic rings. The van der Waals surface area contributed by atoms with Gasteiger partial charge in [0.25, 0.3) is 0 Å². The summed E-state index contributed by atoms with van der Waals surface area (Å²) in [5.74, 6) is 0.780. The first-order valence-electron chi connectivity index (χ1n) is 7.37. The number of carbonyl (C=O) groups is 1. The Morgan fingerprint density at radius 2 is 1.81 bits per heavy atom. The van der Waals surface area contributed by atoms with Gasteiger partial charge in [-0.05, 0) is 35.2 Å². The second-order valence-corrected chi connectivity index (χ2v) is 5.97. The molecule has 2 aliphatic rings. The minimum atomic E-state index is 0.225. The molecule has 0 bridgehead atoms. The van der Waals surface area contributed by atoms with Crippen LogP contribution in [0.15, 0.2) is 48.5 Å². The Labute approximate surface area is 123 Å². The molecule has 2 unspecified atom stereocenters. The average molecular weight is 279 g/mol. The van der Waals surface area contributed by atoms with E-state index in [-0.39, 0.29) is 23.6 Å². The van der Waals surface area contributed by atoms with E-state index in [0.717, 1.165) is 12.0 Å². The molecule has 3 heteroatoms. The number of carbonyl (C=O) groups excluding carboxylic acids is 1. The lowest BCUT2D eigenvalue weighted by molar-refractivity contribution is -0.129. The number of phenolic OH excluding ortho intramolecular Hbond substituents is 1. The fourth-order valence-corrected chi connectivity index (χ4v) is 3.71. The lowest BCUT2D eigenvalue weighted by atomic mass is 9.85. The standard InChI is InChI=1S/C18H17NO2/c20-15-7-6-13-9-17-16(12-4-2-1-3-5-12)10-18(21)19(17)11-14(13)8-15/h1-8,16-17,20H,9-11H2. The van der Waals surface area contributed by atoms with Crippen LogP contribution in [0.3, 0.4) is 0 Å². The minimum Gasteiger partial charge on any atom is -0.508 e. The van der Waals surface area contributed by atoms with E-state index in [0.29, 0.717) is 13.0 Å². The van der Waals surface area contributed by atoms with Gasteiger partial charge in [-0.25, -0.2) is 0 Å². The van der Waals surface area contributed by atoms with Crippen molar-refractivity contribution in [3.05, 3.63) is 65.2 Å². The van der Waals surface area contributed by atoms with Gasteiger partial charge in [-0.1, -0.05) is 36.4 Å². The maximum Gasteiger partial charge on any atom is 0.223 e. The molecule has 0 radical (unpaired) electrons. The number of hydrogen-bond donors (Lipinski definition) is 1. The van der Waals surface area contributed by atoms with Gasteiger partial charge in [0.05, 0.1) is 0 Å². The molecular formula is C18H17NO2. The molecule has 2 aliphatic heterocycles. The summed E-state index contributed by atoms with van der Waals surface area (Å²) in [5, 5.41) is 9.62. The highest BCUT2D eigenvalue weighted by atomic mass is 16.3. The van der Waals surface area contributed by atoms with Gasteiger partial charge in [-0.3, -0.25) is 4.79 Å². The first-order valence-corrected chi connectivity index (χ1v) is 7.37. The zero-order chi connectivity index (χ0) is 14.4. The van der Waals surface area contributed by atoms with Crippen molar-refractivity contribution < 1.29 is 9.90 Å². The zero-order valence-corrected chi connectivity index (χ0v) is 11.7. The number of benzene rings is 2. The van der Waals surface area contributed by atoms with Crippen LogP contribution in [-0.4, -0.2) is 22.0 Å². The predicted molar refractivity (Wildman–Crippen MR) is 79.9 cm³/mol. The van der Waals surface area contributed by atoms with Crippen LogP contribution in [0.1, 0.15) is 29.0 Å². The number of rotatable bonds is 1. The second kappa shape index (κ2) is 4.62. The van der Waals surface area contributed by atoms with E-state index in [1.54, 1.807) is 12.1 Å². The predicted octanol–water partition coefficient (Wildman–Crippen LogP) is 2.83. The monoisotopic (exact) mass is 279 g/mol. The van der Waals surface area contributed by atoms with Gasteiger partial charge in [0.2, 0.25) is 5.91 Å². The molecule has 2 aromatic carbocycles. The first kappa shape index (κ1) is 12.5. The summed E-state index contributed by atoms with van der Waals surface area (Å²) in [7, 11) is 0. The Morgan fingerprint density at radius 3 is 2.62 bits per heavy atom. The van der Waals surface area contributed by atoms with Crippen LogP contribution in [0, 0.1) is 0 Å². The number of hydrogen-bond acceptors (Lipinski definition) is 2. The van der Waals surface area contributed by atoms with Crippen molar-refractivity contribution in [3.8, 4) is 5.75 Å². The summed E-state index contributed by atoms with van der Waals surface area (Å²) >= 11 is 0. The Hall–Kier alpha value is -2.29. The zero-order valence-electron chi connectivity index (χ0n) is 11.7. The third-order valence-corrected chi connectivity index (χ3v) is 4.77. The topological polar surface area (TPSA) is 40.5 Å². The quantitative estimate of drug-likeness (QED) is 0.872. The van der Waals surface area contributed by atoms with Crippen LogP contribution >= 0.6 is 0 Å². The minimum absolute atomic E-state index is 0.225. The summed E-state index contributed by atoms with van der Waals surface area (Å²) in [6.07, 6.45) is 1.47. The van der Waals surface area contributed by atoms with Crippen molar-refractivity contribution >= 4 is 5.91 Å². The fourth-order valence-electron chi connectivity index (χ4n) is 3.71. The normalized spacial score (nSPS) is 23.8. The smallest absolute Gasteiger partial charge is 0.223 e. The summed E-state index contributed by atoms with van der Waals surface area (Å²) in [6, 6.07) is 16.1. The van der Waals surface area contributed by atoms with Crippen molar-refractivity contribution in [3.63, 3.8) is 0 Å². The summed E-state index contributed by atoms with van der Waals surface area (Å²) < 4.78 is 0. The van der Waals surface area contributed by atoms with Crippen LogP contribution < -0.4 is 0 Å². The second-order valence-electron chi connectivity index (χ2n) is 5.97.